The zero-order valence-electron chi connectivity index (χ0n) is 10.4. The quantitative estimate of drug-likeness (QED) is 0.738. The Hall–Kier alpha value is -2.40. The smallest absolute Gasteiger partial charge is 0.223 e. The summed E-state index contributed by atoms with van der Waals surface area (Å²) < 4.78 is 5.61. The molecule has 4 nitrogen and oxygen atoms in total. The molecule has 2 aromatic heterocycles. The van der Waals surface area contributed by atoms with Crippen molar-refractivity contribution in [2.75, 3.05) is 0 Å². The summed E-state index contributed by atoms with van der Waals surface area (Å²) in [6, 6.07) is 9.23. The lowest BCUT2D eigenvalue weighted by Crippen LogP contribution is -2.22. The fourth-order valence-corrected chi connectivity index (χ4v) is 2.53. The molecule has 0 bridgehead atoms. The van der Waals surface area contributed by atoms with Crippen LogP contribution in [0.15, 0.2) is 45.5 Å². The van der Waals surface area contributed by atoms with Crippen molar-refractivity contribution in [1.82, 2.24) is 4.98 Å². The molecule has 0 amide bonds. The Morgan fingerprint density at radius 1 is 1.35 bits per heavy atom. The molecule has 0 saturated carbocycles. The van der Waals surface area contributed by atoms with Gasteiger partial charge in [-0.05, 0) is 40.6 Å². The summed E-state index contributed by atoms with van der Waals surface area (Å²) in [5, 5.41) is 14.8. The second-order valence-electron chi connectivity index (χ2n) is 4.26. The van der Waals surface area contributed by atoms with Gasteiger partial charge in [-0.25, -0.2) is 4.98 Å². The molecule has 5 heteroatoms. The number of hydrogen-bond acceptors (Lipinski definition) is 5. The Bertz CT molecular complexity index is 738. The lowest BCUT2D eigenvalue weighted by Gasteiger charge is -2.03. The van der Waals surface area contributed by atoms with Gasteiger partial charge in [-0.2, -0.15) is 11.3 Å². The van der Waals surface area contributed by atoms with Gasteiger partial charge in [-0.3, -0.25) is 0 Å². The predicted molar refractivity (Wildman–Crippen MR) is 75.8 cm³/mol. The number of hydrogen-bond donors (Lipinski definition) is 0. The maximum Gasteiger partial charge on any atom is 0.223 e. The number of oxazole rings is 1. The van der Waals surface area contributed by atoms with E-state index in [4.69, 9.17) is 4.42 Å². The molecule has 20 heavy (non-hydrogen) atoms. The molecular formula is C15H10NO3S-. The summed E-state index contributed by atoms with van der Waals surface area (Å²) in [4.78, 5) is 15.2. The topological polar surface area (TPSA) is 66.2 Å². The number of carboxylic acid groups (broad SMARTS) is 1. The van der Waals surface area contributed by atoms with Crippen LogP contribution < -0.4 is 5.11 Å². The van der Waals surface area contributed by atoms with Gasteiger partial charge in [0.2, 0.25) is 5.89 Å². The molecule has 0 N–H and O–H groups in total. The van der Waals surface area contributed by atoms with Crippen molar-refractivity contribution in [3.63, 3.8) is 0 Å². The van der Waals surface area contributed by atoms with Crippen LogP contribution in [0.4, 0.5) is 0 Å². The minimum atomic E-state index is -1.16. The predicted octanol–water partition coefficient (Wildman–Crippen LogP) is 2.57. The Labute approximate surface area is 119 Å². The van der Waals surface area contributed by atoms with Crippen molar-refractivity contribution in [2.45, 2.75) is 6.42 Å². The largest absolute Gasteiger partial charge is 0.550 e. The summed E-state index contributed by atoms with van der Waals surface area (Å²) in [5.41, 5.74) is 2.77. The van der Waals surface area contributed by atoms with Crippen LogP contribution in [-0.4, -0.2) is 11.0 Å². The third-order valence-electron chi connectivity index (χ3n) is 2.79. The van der Waals surface area contributed by atoms with E-state index < -0.39 is 5.97 Å². The van der Waals surface area contributed by atoms with Crippen LogP contribution in [0, 0.1) is 0 Å². The third-order valence-corrected chi connectivity index (χ3v) is 3.49. The van der Waals surface area contributed by atoms with Gasteiger partial charge in [-0.1, -0.05) is 12.1 Å². The van der Waals surface area contributed by atoms with Crippen LogP contribution in [0.3, 0.4) is 0 Å². The van der Waals surface area contributed by atoms with Crippen molar-refractivity contribution in [3.8, 4) is 0 Å². The SMILES string of the molecule is O=C([O-])C/C(=C\c1ccsc1)c1nc2ccccc2o1. The number of carboxylic acids is 1. The average molecular weight is 284 g/mol. The van der Waals surface area contributed by atoms with Gasteiger partial charge in [0.05, 0.1) is 0 Å². The zero-order valence-corrected chi connectivity index (χ0v) is 11.2. The number of carbonyl (C=O) groups is 1. The molecule has 0 atom stereocenters. The van der Waals surface area contributed by atoms with E-state index in [0.717, 1.165) is 5.56 Å². The second kappa shape index (κ2) is 5.30. The van der Waals surface area contributed by atoms with Crippen LogP contribution in [0.1, 0.15) is 17.9 Å². The number of nitrogens with zero attached hydrogens (tertiary/aromatic N) is 1. The number of rotatable bonds is 4. The van der Waals surface area contributed by atoms with E-state index >= 15 is 0 Å². The highest BCUT2D eigenvalue weighted by Crippen LogP contribution is 2.25. The van der Waals surface area contributed by atoms with E-state index in [1.165, 1.54) is 0 Å². The average Bonchev–Trinajstić information content (AvgIpc) is 3.05. The molecule has 100 valence electrons. The molecule has 3 aromatic rings. The molecule has 0 aliphatic heterocycles. The summed E-state index contributed by atoms with van der Waals surface area (Å²) in [6.07, 6.45) is 1.53. The van der Waals surface area contributed by atoms with Crippen molar-refractivity contribution < 1.29 is 14.3 Å². The third kappa shape index (κ3) is 2.62. The fraction of sp³-hybridized carbons (Fsp3) is 0.0667. The Morgan fingerprint density at radius 2 is 2.20 bits per heavy atom. The molecule has 3 rings (SSSR count). The Kier molecular flexibility index (Phi) is 3.35. The van der Waals surface area contributed by atoms with Gasteiger partial charge in [0, 0.05) is 18.0 Å². The van der Waals surface area contributed by atoms with Gasteiger partial charge in [-0.15, -0.1) is 0 Å². The number of fused-ring (bicyclic) bond motifs is 1. The zero-order chi connectivity index (χ0) is 13.9. The highest BCUT2D eigenvalue weighted by molar-refractivity contribution is 7.08. The van der Waals surface area contributed by atoms with Crippen LogP contribution in [-0.2, 0) is 4.79 Å². The summed E-state index contributed by atoms with van der Waals surface area (Å²) in [6.45, 7) is 0. The molecule has 0 radical (unpaired) electrons. The van der Waals surface area contributed by atoms with Crippen LogP contribution >= 0.6 is 11.3 Å². The Balaban J connectivity index is 2.06. The molecule has 0 spiro atoms. The lowest BCUT2D eigenvalue weighted by molar-refractivity contribution is -0.304. The van der Waals surface area contributed by atoms with E-state index in [2.05, 4.69) is 4.98 Å². The first-order valence-electron chi connectivity index (χ1n) is 6.01. The maximum absolute atomic E-state index is 10.9. The first-order chi connectivity index (χ1) is 9.72. The summed E-state index contributed by atoms with van der Waals surface area (Å²) >= 11 is 1.54. The fourth-order valence-electron chi connectivity index (χ4n) is 1.91. The first-order valence-corrected chi connectivity index (χ1v) is 6.95. The van der Waals surface area contributed by atoms with E-state index in [1.807, 2.05) is 35.0 Å². The van der Waals surface area contributed by atoms with Gasteiger partial charge in [0.25, 0.3) is 0 Å². The second-order valence-corrected chi connectivity index (χ2v) is 5.04. The summed E-state index contributed by atoms with van der Waals surface area (Å²) in [5.74, 6) is -0.838. The van der Waals surface area contributed by atoms with E-state index in [0.29, 0.717) is 22.6 Å². The number of aliphatic carboxylic acids is 1. The number of thiophene rings is 1. The van der Waals surface area contributed by atoms with Crippen LogP contribution in [0.5, 0.6) is 0 Å². The normalized spacial score (nSPS) is 11.9. The molecule has 2 heterocycles. The molecule has 0 fully saturated rings. The maximum atomic E-state index is 10.9. The standard InChI is InChI=1S/C15H11NO3S/c17-14(18)8-11(7-10-5-6-20-9-10)15-16-12-3-1-2-4-13(12)19-15/h1-7,9H,8H2,(H,17,18)/p-1/b11-7+. The minimum absolute atomic E-state index is 0.233. The molecular weight excluding hydrogens is 274 g/mol. The molecule has 1 aromatic carbocycles. The molecule has 0 unspecified atom stereocenters. The van der Waals surface area contributed by atoms with Crippen LogP contribution in [0.2, 0.25) is 0 Å². The highest BCUT2D eigenvalue weighted by atomic mass is 32.1. The van der Waals surface area contributed by atoms with E-state index in [1.54, 1.807) is 23.5 Å². The van der Waals surface area contributed by atoms with Crippen molar-refractivity contribution >= 4 is 40.1 Å². The number of aromatic nitrogens is 1. The minimum Gasteiger partial charge on any atom is -0.550 e. The van der Waals surface area contributed by atoms with Gasteiger partial charge in [0.15, 0.2) is 5.58 Å². The monoisotopic (exact) mass is 284 g/mol. The van der Waals surface area contributed by atoms with Gasteiger partial charge >= 0.3 is 0 Å². The molecule has 0 saturated heterocycles. The number of carbonyl (C=O) groups excluding carboxylic acids is 1. The first kappa shape index (κ1) is 12.6. The number of benzene rings is 1. The van der Waals surface area contributed by atoms with Crippen LogP contribution in [0.25, 0.3) is 22.7 Å². The van der Waals surface area contributed by atoms with E-state index in [9.17, 15) is 9.90 Å². The van der Waals surface area contributed by atoms with E-state index in [-0.39, 0.29) is 6.42 Å². The van der Waals surface area contributed by atoms with Gasteiger partial charge < -0.3 is 14.3 Å². The number of para-hydroxylation sites is 2. The Morgan fingerprint density at radius 3 is 2.90 bits per heavy atom. The molecule has 0 aliphatic rings. The van der Waals surface area contributed by atoms with Crippen molar-refractivity contribution in [2.24, 2.45) is 0 Å². The van der Waals surface area contributed by atoms with Crippen molar-refractivity contribution in [1.29, 1.82) is 0 Å². The van der Waals surface area contributed by atoms with Gasteiger partial charge in [0.1, 0.15) is 5.52 Å². The molecule has 0 aliphatic carbocycles. The van der Waals surface area contributed by atoms with Crippen molar-refractivity contribution in [3.05, 3.63) is 52.5 Å². The lowest BCUT2D eigenvalue weighted by atomic mass is 10.1. The summed E-state index contributed by atoms with van der Waals surface area (Å²) in [7, 11) is 0. The highest BCUT2D eigenvalue weighted by Gasteiger charge is 2.11.